The van der Waals surface area contributed by atoms with E-state index in [1.54, 1.807) is 12.1 Å². The summed E-state index contributed by atoms with van der Waals surface area (Å²) >= 11 is 4.28. The Morgan fingerprint density at radius 3 is 2.33 bits per heavy atom. The van der Waals surface area contributed by atoms with Crippen LogP contribution < -0.4 is 9.47 Å². The number of thiol groups is 1. The molecule has 0 N–H and O–H groups in total. The Kier molecular flexibility index (Phi) is 6.17. The summed E-state index contributed by atoms with van der Waals surface area (Å²) in [5.41, 5.74) is -0.688. The zero-order valence-corrected chi connectivity index (χ0v) is 17.3. The first-order valence-corrected chi connectivity index (χ1v) is 9.36. The molecule has 0 amide bonds. The van der Waals surface area contributed by atoms with Gasteiger partial charge in [0.1, 0.15) is 5.76 Å². The molecule has 8 heteroatoms. The van der Waals surface area contributed by atoms with Gasteiger partial charge in [-0.3, -0.25) is 4.79 Å². The predicted octanol–water partition coefficient (Wildman–Crippen LogP) is 6.26. The number of furan rings is 1. The van der Waals surface area contributed by atoms with Crippen LogP contribution in [0.4, 0.5) is 13.2 Å². The summed E-state index contributed by atoms with van der Waals surface area (Å²) in [6, 6.07) is 10.0. The molecule has 0 saturated heterocycles. The lowest BCUT2D eigenvalue weighted by Gasteiger charge is -2.21. The zero-order valence-electron chi connectivity index (χ0n) is 16.4. The molecule has 1 atom stereocenters. The molecular weight excluding hydrogens is 417 g/mol. The number of Topliss-reactive ketones (excluding diaryl/α,β-unsaturated/α-hetero) is 1. The van der Waals surface area contributed by atoms with Crippen LogP contribution in [0.3, 0.4) is 0 Å². The molecule has 0 aliphatic rings. The minimum atomic E-state index is -4.68. The minimum absolute atomic E-state index is 0.0533. The molecular formula is C22H19F3O4S. The lowest BCUT2D eigenvalue weighted by molar-refractivity contribution is -0.138. The molecule has 0 bridgehead atoms. The lowest BCUT2D eigenvalue weighted by atomic mass is 9.87. The highest BCUT2D eigenvalue weighted by molar-refractivity contribution is 7.80. The van der Waals surface area contributed by atoms with Gasteiger partial charge in [0.15, 0.2) is 17.3 Å². The fourth-order valence-electron chi connectivity index (χ4n) is 3.28. The minimum Gasteiger partial charge on any atom is -0.493 e. The molecule has 0 spiro atoms. The smallest absolute Gasteiger partial charge is 0.416 e. The number of alkyl halides is 3. The Bertz CT molecular complexity index is 1060. The molecule has 1 heterocycles. The van der Waals surface area contributed by atoms with Crippen LogP contribution in [0.5, 0.6) is 11.5 Å². The lowest BCUT2D eigenvalue weighted by Crippen LogP contribution is -2.17. The second-order valence-corrected chi connectivity index (χ2v) is 7.07. The van der Waals surface area contributed by atoms with Crippen LogP contribution in [-0.2, 0) is 6.18 Å². The molecule has 2 aromatic carbocycles. The van der Waals surface area contributed by atoms with Gasteiger partial charge in [-0.05, 0) is 48.0 Å². The van der Waals surface area contributed by atoms with E-state index < -0.39 is 23.4 Å². The van der Waals surface area contributed by atoms with Crippen molar-refractivity contribution in [2.45, 2.75) is 23.9 Å². The molecule has 1 unspecified atom stereocenters. The average Bonchev–Trinajstić information content (AvgIpc) is 3.25. The van der Waals surface area contributed by atoms with Crippen molar-refractivity contribution in [2.75, 3.05) is 14.2 Å². The number of hydrogen-bond donors (Lipinski definition) is 1. The number of ether oxygens (including phenoxy) is 2. The summed E-state index contributed by atoms with van der Waals surface area (Å²) in [7, 11) is 2.86. The van der Waals surface area contributed by atoms with Crippen molar-refractivity contribution in [2.24, 2.45) is 0 Å². The Hall–Kier alpha value is -2.87. The zero-order chi connectivity index (χ0) is 22.1. The van der Waals surface area contributed by atoms with Gasteiger partial charge >= 0.3 is 6.18 Å². The maximum Gasteiger partial charge on any atom is 0.416 e. The van der Waals surface area contributed by atoms with E-state index >= 15 is 0 Å². The number of carbonyl (C=O) groups is 1. The van der Waals surface area contributed by atoms with E-state index in [0.29, 0.717) is 11.5 Å². The van der Waals surface area contributed by atoms with Crippen LogP contribution in [0.2, 0.25) is 0 Å². The van der Waals surface area contributed by atoms with Crippen LogP contribution in [0, 0.1) is 0 Å². The maximum absolute atomic E-state index is 13.9. The monoisotopic (exact) mass is 436 g/mol. The van der Waals surface area contributed by atoms with Gasteiger partial charge < -0.3 is 13.9 Å². The first-order chi connectivity index (χ1) is 14.2. The third-order valence-corrected chi connectivity index (χ3v) is 5.13. The fourth-order valence-corrected chi connectivity index (χ4v) is 3.74. The Morgan fingerprint density at radius 2 is 1.77 bits per heavy atom. The highest BCUT2D eigenvalue weighted by Crippen LogP contribution is 2.42. The Morgan fingerprint density at radius 1 is 1.07 bits per heavy atom. The van der Waals surface area contributed by atoms with E-state index in [1.807, 2.05) is 0 Å². The first kappa shape index (κ1) is 21.8. The predicted molar refractivity (Wildman–Crippen MR) is 109 cm³/mol. The second-order valence-electron chi connectivity index (χ2n) is 6.59. The van der Waals surface area contributed by atoms with Gasteiger partial charge in [-0.2, -0.15) is 13.2 Å². The van der Waals surface area contributed by atoms with E-state index in [1.165, 1.54) is 51.7 Å². The molecule has 0 aliphatic carbocycles. The van der Waals surface area contributed by atoms with Gasteiger partial charge in [0, 0.05) is 21.9 Å². The summed E-state index contributed by atoms with van der Waals surface area (Å²) in [6.45, 7) is 1.43. The molecule has 0 aliphatic heterocycles. The molecule has 0 saturated carbocycles. The molecule has 0 fully saturated rings. The third kappa shape index (κ3) is 4.18. The second kappa shape index (κ2) is 8.47. The summed E-state index contributed by atoms with van der Waals surface area (Å²) in [6.07, 6.45) is -3.31. The van der Waals surface area contributed by atoms with Crippen LogP contribution in [-0.4, -0.2) is 20.0 Å². The van der Waals surface area contributed by atoms with Crippen LogP contribution in [0.25, 0.3) is 11.3 Å². The van der Waals surface area contributed by atoms with Crippen molar-refractivity contribution in [3.8, 4) is 22.8 Å². The van der Waals surface area contributed by atoms with E-state index in [4.69, 9.17) is 13.9 Å². The molecule has 3 aromatic rings. The van der Waals surface area contributed by atoms with Gasteiger partial charge in [-0.15, -0.1) is 12.6 Å². The largest absolute Gasteiger partial charge is 0.493 e. The normalized spacial score (nSPS) is 12.5. The van der Waals surface area contributed by atoms with Crippen LogP contribution in [0.15, 0.2) is 58.0 Å². The number of halogens is 3. The summed E-state index contributed by atoms with van der Waals surface area (Å²) in [5, 5.41) is 0. The van der Waals surface area contributed by atoms with Gasteiger partial charge in [-0.1, -0.05) is 6.92 Å². The van der Waals surface area contributed by atoms with Crippen molar-refractivity contribution in [3.05, 3.63) is 65.4 Å². The Labute approximate surface area is 177 Å². The van der Waals surface area contributed by atoms with E-state index in [0.717, 1.165) is 6.07 Å². The van der Waals surface area contributed by atoms with Crippen molar-refractivity contribution < 1.29 is 31.9 Å². The highest BCUT2D eigenvalue weighted by atomic mass is 32.1. The Balaban J connectivity index is 2.09. The average molecular weight is 436 g/mol. The van der Waals surface area contributed by atoms with Crippen molar-refractivity contribution in [1.29, 1.82) is 0 Å². The van der Waals surface area contributed by atoms with E-state index in [2.05, 4.69) is 12.6 Å². The number of hydrogen-bond acceptors (Lipinski definition) is 5. The van der Waals surface area contributed by atoms with Gasteiger partial charge in [0.05, 0.1) is 26.0 Å². The molecule has 0 radical (unpaired) electrons. The molecule has 3 rings (SSSR count). The standard InChI is InChI=1S/C22H19F3O4S/c1-12(21(26)13-6-7-17(27-2)18(10-13)28-3)20-15(22(23,24)25)9-14(11-19(20)30)16-5-4-8-29-16/h4-12,30H,1-3H3. The van der Waals surface area contributed by atoms with Gasteiger partial charge in [-0.25, -0.2) is 0 Å². The summed E-state index contributed by atoms with van der Waals surface area (Å²) < 4.78 is 57.2. The molecule has 1 aromatic heterocycles. The number of benzene rings is 2. The van der Waals surface area contributed by atoms with E-state index in [9.17, 15) is 18.0 Å². The van der Waals surface area contributed by atoms with Gasteiger partial charge in [0.25, 0.3) is 0 Å². The topological polar surface area (TPSA) is 48.7 Å². The molecule has 30 heavy (non-hydrogen) atoms. The SMILES string of the molecule is COc1ccc(C(=O)C(C)c2c(S)cc(-c3ccco3)cc2C(F)(F)F)cc1OC. The highest BCUT2D eigenvalue weighted by Gasteiger charge is 2.38. The molecule has 4 nitrogen and oxygen atoms in total. The maximum atomic E-state index is 13.9. The quantitative estimate of drug-likeness (QED) is 0.366. The van der Waals surface area contributed by atoms with Crippen LogP contribution in [0.1, 0.15) is 34.3 Å². The number of methoxy groups -OCH3 is 2. The van der Waals surface area contributed by atoms with Crippen LogP contribution >= 0.6 is 12.6 Å². The van der Waals surface area contributed by atoms with Gasteiger partial charge in [0.2, 0.25) is 0 Å². The van der Waals surface area contributed by atoms with Crippen molar-refractivity contribution in [1.82, 2.24) is 0 Å². The van der Waals surface area contributed by atoms with Crippen molar-refractivity contribution >= 4 is 18.4 Å². The molecule has 158 valence electrons. The number of ketones is 1. The first-order valence-electron chi connectivity index (χ1n) is 8.91. The fraction of sp³-hybridized carbons (Fsp3) is 0.227. The number of carbonyl (C=O) groups excluding carboxylic acids is 1. The third-order valence-electron chi connectivity index (χ3n) is 4.76. The summed E-state index contributed by atoms with van der Waals surface area (Å²) in [5.74, 6) is -0.595. The number of rotatable bonds is 6. The van der Waals surface area contributed by atoms with E-state index in [-0.39, 0.29) is 27.3 Å². The van der Waals surface area contributed by atoms with Crippen molar-refractivity contribution in [3.63, 3.8) is 0 Å². The summed E-state index contributed by atoms with van der Waals surface area (Å²) in [4.78, 5) is 13.1.